The summed E-state index contributed by atoms with van der Waals surface area (Å²) in [7, 11) is -3.70. The van der Waals surface area contributed by atoms with Gasteiger partial charge in [-0.2, -0.15) is 21.6 Å². The fourth-order valence-electron chi connectivity index (χ4n) is 5.59. The first kappa shape index (κ1) is 41.4. The van der Waals surface area contributed by atoms with Crippen LogP contribution < -0.4 is 10.6 Å². The fraction of sp³-hybridized carbons (Fsp3) is 0.256. The largest absolute Gasteiger partial charge is 0.522 e. The smallest absolute Gasteiger partial charge is 0.415 e. The predicted molar refractivity (Wildman–Crippen MR) is 204 cm³/mol. The lowest BCUT2D eigenvalue weighted by molar-refractivity contribution is -0.929. The van der Waals surface area contributed by atoms with Crippen molar-refractivity contribution < 1.29 is 45.0 Å². The van der Waals surface area contributed by atoms with Gasteiger partial charge in [0.25, 0.3) is 5.91 Å². The van der Waals surface area contributed by atoms with Crippen LogP contribution in [0.4, 0.5) is 30.5 Å². The second kappa shape index (κ2) is 18.3. The number of ether oxygens (including phenoxy) is 1. The minimum absolute atomic E-state index is 0.181. The molecule has 1 aliphatic rings. The number of hydrogen-bond donors (Lipinski definition) is 3. The van der Waals surface area contributed by atoms with Gasteiger partial charge in [0.1, 0.15) is 0 Å². The minimum atomic E-state index is -5.84. The Bertz CT molecular complexity index is 2200. The van der Waals surface area contributed by atoms with Gasteiger partial charge in [0.2, 0.25) is 12.7 Å². The number of likely N-dealkylation sites (N-methyl/N-ethyl adjacent to an activating group) is 1. The highest BCUT2D eigenvalue weighted by atomic mass is 32.2. The average molecular weight is 793 g/mol. The van der Waals surface area contributed by atoms with Crippen LogP contribution >= 0.6 is 0 Å². The zero-order valence-corrected chi connectivity index (χ0v) is 31.4. The molecule has 1 saturated heterocycles. The number of nitrogens with one attached hydrogen (secondary N) is 2. The molecule has 3 aromatic carbocycles. The van der Waals surface area contributed by atoms with Crippen molar-refractivity contribution in [2.75, 3.05) is 50.6 Å². The summed E-state index contributed by atoms with van der Waals surface area (Å²) in [6.07, 6.45) is 5.49. The number of benzene rings is 3. The second-order valence-electron chi connectivity index (χ2n) is 13.4. The van der Waals surface area contributed by atoms with Crippen molar-refractivity contribution in [1.29, 1.82) is 0 Å². The van der Waals surface area contributed by atoms with Crippen molar-refractivity contribution in [2.45, 2.75) is 25.4 Å². The Labute approximate surface area is 322 Å². The summed E-state index contributed by atoms with van der Waals surface area (Å²) in [5.41, 5.74) is 1.29. The monoisotopic (exact) mass is 792 g/mol. The van der Waals surface area contributed by atoms with Crippen molar-refractivity contribution >= 4 is 39.3 Å². The molecule has 294 valence electrons. The Morgan fingerprint density at radius 1 is 0.929 bits per heavy atom. The molecule has 1 aliphatic heterocycles. The summed E-state index contributed by atoms with van der Waals surface area (Å²) in [6, 6.07) is 28.8. The number of aryl methyl sites for hydroxylation is 1. The molecule has 0 saturated carbocycles. The average Bonchev–Trinajstić information content (AvgIpc) is 3.17. The van der Waals surface area contributed by atoms with Crippen molar-refractivity contribution in [2.24, 2.45) is 0 Å². The number of alkyl halides is 3. The van der Waals surface area contributed by atoms with Gasteiger partial charge in [-0.1, -0.05) is 48.5 Å². The van der Waals surface area contributed by atoms with Crippen LogP contribution in [0.25, 0.3) is 11.3 Å². The van der Waals surface area contributed by atoms with Crippen LogP contribution in [0.5, 0.6) is 0 Å². The van der Waals surface area contributed by atoms with Gasteiger partial charge in [0, 0.05) is 60.7 Å². The maximum absolute atomic E-state index is 13.1. The highest BCUT2D eigenvalue weighted by Crippen LogP contribution is 2.25. The number of piperazine rings is 1. The van der Waals surface area contributed by atoms with E-state index in [-0.39, 0.29) is 11.9 Å². The number of aromatic nitrogens is 3. The molecule has 1 amide bonds. The summed E-state index contributed by atoms with van der Waals surface area (Å²) in [5.74, 6) is 0.0845. The highest BCUT2D eigenvalue weighted by Gasteiger charge is 2.44. The van der Waals surface area contributed by atoms with Gasteiger partial charge in [0.15, 0.2) is 0 Å². The Morgan fingerprint density at radius 2 is 1.62 bits per heavy atom. The zero-order valence-electron chi connectivity index (χ0n) is 30.6. The lowest BCUT2D eigenvalue weighted by Gasteiger charge is -2.41. The number of rotatable bonds is 11. The number of nitrogens with zero attached hydrogens (tertiary/aromatic N) is 5. The van der Waals surface area contributed by atoms with Crippen LogP contribution in [-0.4, -0.2) is 94.6 Å². The van der Waals surface area contributed by atoms with E-state index in [2.05, 4.69) is 37.5 Å². The van der Waals surface area contributed by atoms with E-state index in [9.17, 15) is 22.8 Å². The van der Waals surface area contributed by atoms with Crippen molar-refractivity contribution in [3.63, 3.8) is 0 Å². The molecule has 0 atom stereocenters. The first-order chi connectivity index (χ1) is 26.6. The normalized spacial score (nSPS) is 14.2. The van der Waals surface area contributed by atoms with Crippen molar-refractivity contribution in [3.05, 3.63) is 132 Å². The Hall–Kier alpha value is -5.75. The maximum atomic E-state index is 13.1. The quantitative estimate of drug-likeness (QED) is 0.0601. The van der Waals surface area contributed by atoms with E-state index in [1.54, 1.807) is 18.6 Å². The number of carbonyl (C=O) groups excluding carboxylic acids is 2. The highest BCUT2D eigenvalue weighted by molar-refractivity contribution is 7.86. The summed E-state index contributed by atoms with van der Waals surface area (Å²) in [5, 5.41) is 6.30. The maximum Gasteiger partial charge on any atom is 0.522 e. The van der Waals surface area contributed by atoms with E-state index in [1.165, 1.54) is 0 Å². The van der Waals surface area contributed by atoms with Crippen LogP contribution in [-0.2, 0) is 32.6 Å². The Morgan fingerprint density at radius 3 is 2.27 bits per heavy atom. The number of carbonyl (C=O) groups is 2. The van der Waals surface area contributed by atoms with Crippen LogP contribution in [0.1, 0.15) is 27.0 Å². The Balaban J connectivity index is 0.000000677. The summed E-state index contributed by atoms with van der Waals surface area (Å²) < 4.78 is 63.9. The number of quaternary nitrogens is 1. The van der Waals surface area contributed by atoms with Gasteiger partial charge in [-0.15, -0.1) is 0 Å². The van der Waals surface area contributed by atoms with Crippen LogP contribution in [0.15, 0.2) is 110 Å². The van der Waals surface area contributed by atoms with E-state index in [0.29, 0.717) is 34.8 Å². The molecule has 17 heteroatoms. The third kappa shape index (κ3) is 12.1. The van der Waals surface area contributed by atoms with Crippen LogP contribution in [0.3, 0.4) is 0 Å². The molecule has 0 spiro atoms. The first-order valence-corrected chi connectivity index (χ1v) is 18.8. The van der Waals surface area contributed by atoms with Crippen LogP contribution in [0.2, 0.25) is 0 Å². The first-order valence-electron chi connectivity index (χ1n) is 17.4. The lowest BCUT2D eigenvalue weighted by Crippen LogP contribution is -2.58. The second-order valence-corrected chi connectivity index (χ2v) is 14.8. The third-order valence-electron chi connectivity index (χ3n) is 8.91. The van der Waals surface area contributed by atoms with Gasteiger partial charge in [-0.25, -0.2) is 9.97 Å². The minimum Gasteiger partial charge on any atom is -0.415 e. The van der Waals surface area contributed by atoms with Gasteiger partial charge >= 0.3 is 21.6 Å². The summed E-state index contributed by atoms with van der Waals surface area (Å²) >= 11 is 0. The van der Waals surface area contributed by atoms with Gasteiger partial charge in [-0.3, -0.25) is 28.5 Å². The molecule has 0 unspecified atom stereocenters. The summed E-state index contributed by atoms with van der Waals surface area (Å²) in [6.45, 7) is 6.77. The third-order valence-corrected chi connectivity index (χ3v) is 9.50. The van der Waals surface area contributed by atoms with E-state index in [4.69, 9.17) is 17.7 Å². The molecular formula is C39H41F3N7O6S+. The number of pyridine rings is 1. The molecule has 3 heterocycles. The molecule has 0 radical (unpaired) electrons. The molecule has 2 aromatic heterocycles. The van der Waals surface area contributed by atoms with E-state index < -0.39 is 15.6 Å². The van der Waals surface area contributed by atoms with E-state index in [0.717, 1.165) is 66.4 Å². The molecule has 1 fully saturated rings. The van der Waals surface area contributed by atoms with Gasteiger partial charge < -0.3 is 15.4 Å². The molecule has 56 heavy (non-hydrogen) atoms. The molecular weight excluding hydrogens is 752 g/mol. The number of amides is 1. The lowest BCUT2D eigenvalue weighted by atomic mass is 10.1. The number of esters is 1. The molecule has 0 bridgehead atoms. The number of hydrogen-bond acceptors (Lipinski definition) is 10. The summed E-state index contributed by atoms with van der Waals surface area (Å²) in [4.78, 5) is 41.1. The molecule has 13 nitrogen and oxygen atoms in total. The molecule has 3 N–H and O–H groups in total. The zero-order chi connectivity index (χ0) is 40.3. The van der Waals surface area contributed by atoms with Crippen molar-refractivity contribution in [1.82, 2.24) is 19.9 Å². The van der Waals surface area contributed by atoms with Gasteiger partial charge in [0.05, 0.1) is 32.3 Å². The number of anilines is 3. The fourth-order valence-corrected chi connectivity index (χ4v) is 5.59. The van der Waals surface area contributed by atoms with E-state index >= 15 is 0 Å². The standard InChI is InChI=1S/C38H39N7O3.CHF3O3S/c1-28-10-15-33(24-35(28)43-38-40-18-16-34(42-38)32-9-6-17-39-25-32)41-37(47)31-13-11-30(12-14-31)26-44-19-21-45(2,22-20-44)27-48-36(46)23-29-7-4-3-5-8-29;2-1(3,4)8(5,6)7/h3-18,24-25H,19-23,26-27H2,1-2H3,(H-,40,41,42,43,47);(H,5,6,7)/p+1. The van der Waals surface area contributed by atoms with Crippen molar-refractivity contribution in [3.8, 4) is 11.3 Å². The number of halogens is 3. The SMILES string of the molecule is Cc1ccc(NC(=O)c2ccc(CN3CC[N+](C)(COC(=O)Cc4ccccc4)CC3)cc2)cc1Nc1nccc(-c2cccnc2)n1.O=S(=O)(O)C(F)(F)F. The predicted octanol–water partition coefficient (Wildman–Crippen LogP) is 6.24. The molecule has 0 aliphatic carbocycles. The molecule has 5 aromatic rings. The Kier molecular flexibility index (Phi) is 13.5. The van der Waals surface area contributed by atoms with Gasteiger partial charge in [-0.05, 0) is 66.1 Å². The topological polar surface area (TPSA) is 164 Å². The van der Waals surface area contributed by atoms with Crippen LogP contribution in [0, 0.1) is 6.92 Å². The molecule has 6 rings (SSSR count). The van der Waals surface area contributed by atoms with E-state index in [1.807, 2.05) is 97.9 Å².